The molecule has 0 radical (unpaired) electrons. The molecule has 0 spiro atoms. The third-order valence-corrected chi connectivity index (χ3v) is 2.56. The van der Waals surface area contributed by atoms with Crippen LogP contribution in [0.1, 0.15) is 19.4 Å². The number of ether oxygens (including phenoxy) is 1. The Morgan fingerprint density at radius 3 is 2.57 bits per heavy atom. The average Bonchev–Trinajstić information content (AvgIpc) is 2.10. The van der Waals surface area contributed by atoms with Gasteiger partial charge in [0, 0.05) is 0 Å². The predicted octanol–water partition coefficient (Wildman–Crippen LogP) is 3.80. The summed E-state index contributed by atoms with van der Waals surface area (Å²) in [6.07, 6.45) is 0.827. The van der Waals surface area contributed by atoms with Crippen LogP contribution >= 0.6 is 15.9 Å². The van der Waals surface area contributed by atoms with Gasteiger partial charge < -0.3 is 4.74 Å². The van der Waals surface area contributed by atoms with Gasteiger partial charge in [0.2, 0.25) is 0 Å². The number of halogens is 2. The molecular formula is C11H14BrFO. The van der Waals surface area contributed by atoms with Crippen molar-refractivity contribution in [1.82, 2.24) is 0 Å². The third kappa shape index (κ3) is 2.71. The van der Waals surface area contributed by atoms with Crippen LogP contribution in [0.3, 0.4) is 0 Å². The topological polar surface area (TPSA) is 9.23 Å². The molecule has 0 aliphatic carbocycles. The molecule has 14 heavy (non-hydrogen) atoms. The first kappa shape index (κ1) is 11.5. The van der Waals surface area contributed by atoms with Gasteiger partial charge in [0.1, 0.15) is 11.6 Å². The van der Waals surface area contributed by atoms with Crippen molar-refractivity contribution in [2.24, 2.45) is 5.92 Å². The van der Waals surface area contributed by atoms with Gasteiger partial charge in [0.05, 0.1) is 11.6 Å². The fraction of sp³-hybridized carbons (Fsp3) is 0.455. The van der Waals surface area contributed by atoms with Crippen molar-refractivity contribution in [3.8, 4) is 5.75 Å². The van der Waals surface area contributed by atoms with Gasteiger partial charge in [0.25, 0.3) is 0 Å². The van der Waals surface area contributed by atoms with Crippen molar-refractivity contribution in [2.75, 3.05) is 7.11 Å². The third-order valence-electron chi connectivity index (χ3n) is 1.95. The minimum Gasteiger partial charge on any atom is -0.496 e. The van der Waals surface area contributed by atoms with Crippen molar-refractivity contribution in [3.05, 3.63) is 28.0 Å². The maximum Gasteiger partial charge on any atom is 0.137 e. The Balaban J connectivity index is 3.07. The second-order valence-electron chi connectivity index (χ2n) is 3.68. The van der Waals surface area contributed by atoms with Crippen LogP contribution < -0.4 is 4.74 Å². The summed E-state index contributed by atoms with van der Waals surface area (Å²) in [7, 11) is 1.60. The molecule has 0 amide bonds. The molecule has 0 aliphatic heterocycles. The van der Waals surface area contributed by atoms with Gasteiger partial charge in [-0.15, -0.1) is 0 Å². The number of benzene rings is 1. The van der Waals surface area contributed by atoms with Crippen LogP contribution in [0.2, 0.25) is 0 Å². The van der Waals surface area contributed by atoms with Crippen molar-refractivity contribution in [3.63, 3.8) is 0 Å². The largest absolute Gasteiger partial charge is 0.496 e. The molecule has 0 aromatic heterocycles. The standard InChI is InChI=1S/C11H14BrFO/c1-7(2)4-8-5-10(13)9(12)6-11(8)14-3/h5-7H,4H2,1-3H3. The zero-order valence-corrected chi connectivity index (χ0v) is 10.2. The average molecular weight is 261 g/mol. The molecule has 1 rings (SSSR count). The molecule has 0 N–H and O–H groups in total. The van der Waals surface area contributed by atoms with E-state index in [1.165, 1.54) is 6.07 Å². The van der Waals surface area contributed by atoms with Gasteiger partial charge in [-0.1, -0.05) is 13.8 Å². The summed E-state index contributed by atoms with van der Waals surface area (Å²) in [6, 6.07) is 3.20. The normalized spacial score (nSPS) is 10.7. The molecule has 0 bridgehead atoms. The number of methoxy groups -OCH3 is 1. The Morgan fingerprint density at radius 1 is 1.43 bits per heavy atom. The number of hydrogen-bond donors (Lipinski definition) is 0. The van der Waals surface area contributed by atoms with Crippen LogP contribution in [0, 0.1) is 11.7 Å². The Kier molecular flexibility index (Phi) is 3.93. The minimum atomic E-state index is -0.235. The van der Waals surface area contributed by atoms with E-state index in [-0.39, 0.29) is 5.82 Å². The first-order valence-electron chi connectivity index (χ1n) is 4.56. The molecule has 0 aliphatic rings. The molecule has 0 unspecified atom stereocenters. The van der Waals surface area contributed by atoms with E-state index in [4.69, 9.17) is 4.74 Å². The molecule has 0 atom stereocenters. The molecule has 78 valence electrons. The summed E-state index contributed by atoms with van der Waals surface area (Å²) < 4.78 is 18.9. The van der Waals surface area contributed by atoms with E-state index in [1.54, 1.807) is 13.2 Å². The zero-order valence-electron chi connectivity index (χ0n) is 8.60. The summed E-state index contributed by atoms with van der Waals surface area (Å²) in [5, 5.41) is 0. The highest BCUT2D eigenvalue weighted by Gasteiger charge is 2.09. The van der Waals surface area contributed by atoms with Gasteiger partial charge in [-0.25, -0.2) is 4.39 Å². The van der Waals surface area contributed by atoms with Gasteiger partial charge in [-0.05, 0) is 46.0 Å². The predicted molar refractivity (Wildman–Crippen MR) is 59.2 cm³/mol. The lowest BCUT2D eigenvalue weighted by Crippen LogP contribution is -1.99. The molecular weight excluding hydrogens is 247 g/mol. The van der Waals surface area contributed by atoms with Crippen LogP contribution in [0.25, 0.3) is 0 Å². The number of hydrogen-bond acceptors (Lipinski definition) is 1. The highest BCUT2D eigenvalue weighted by molar-refractivity contribution is 9.10. The second kappa shape index (κ2) is 4.78. The summed E-state index contributed by atoms with van der Waals surface area (Å²) in [5.41, 5.74) is 0.920. The van der Waals surface area contributed by atoms with Crippen LogP contribution in [0.15, 0.2) is 16.6 Å². The van der Waals surface area contributed by atoms with Crippen LogP contribution in [0.5, 0.6) is 5.75 Å². The van der Waals surface area contributed by atoms with Crippen molar-refractivity contribution < 1.29 is 9.13 Å². The molecule has 0 fully saturated rings. The Bertz CT molecular complexity index is 323. The van der Waals surface area contributed by atoms with Crippen molar-refractivity contribution in [1.29, 1.82) is 0 Å². The summed E-state index contributed by atoms with van der Waals surface area (Å²) in [4.78, 5) is 0. The first-order chi connectivity index (χ1) is 6.54. The Morgan fingerprint density at radius 2 is 2.07 bits per heavy atom. The molecule has 0 saturated heterocycles. The SMILES string of the molecule is COc1cc(Br)c(F)cc1CC(C)C. The van der Waals surface area contributed by atoms with Crippen LogP contribution in [0.4, 0.5) is 4.39 Å². The lowest BCUT2D eigenvalue weighted by atomic mass is 10.0. The minimum absolute atomic E-state index is 0.235. The smallest absolute Gasteiger partial charge is 0.137 e. The van der Waals surface area contributed by atoms with Crippen molar-refractivity contribution in [2.45, 2.75) is 20.3 Å². The molecule has 1 aromatic carbocycles. The molecule has 3 heteroatoms. The van der Waals surface area contributed by atoms with E-state index >= 15 is 0 Å². The lowest BCUT2D eigenvalue weighted by Gasteiger charge is -2.11. The van der Waals surface area contributed by atoms with Crippen LogP contribution in [-0.2, 0) is 6.42 Å². The molecule has 0 heterocycles. The van der Waals surface area contributed by atoms with E-state index in [0.29, 0.717) is 10.4 Å². The van der Waals surface area contributed by atoms with E-state index in [1.807, 2.05) is 0 Å². The van der Waals surface area contributed by atoms with Gasteiger partial charge in [-0.3, -0.25) is 0 Å². The van der Waals surface area contributed by atoms with E-state index in [2.05, 4.69) is 29.8 Å². The monoisotopic (exact) mass is 260 g/mol. The zero-order chi connectivity index (χ0) is 10.7. The fourth-order valence-electron chi connectivity index (χ4n) is 1.36. The quantitative estimate of drug-likeness (QED) is 0.804. The lowest BCUT2D eigenvalue weighted by molar-refractivity contribution is 0.404. The molecule has 1 nitrogen and oxygen atoms in total. The van der Waals surface area contributed by atoms with Gasteiger partial charge in [0.15, 0.2) is 0 Å². The Hall–Kier alpha value is -0.570. The molecule has 1 aromatic rings. The van der Waals surface area contributed by atoms with Gasteiger partial charge >= 0.3 is 0 Å². The van der Waals surface area contributed by atoms with Gasteiger partial charge in [-0.2, -0.15) is 0 Å². The van der Waals surface area contributed by atoms with E-state index < -0.39 is 0 Å². The van der Waals surface area contributed by atoms with Crippen molar-refractivity contribution >= 4 is 15.9 Å². The van der Waals surface area contributed by atoms with E-state index in [0.717, 1.165) is 17.7 Å². The molecule has 0 saturated carbocycles. The second-order valence-corrected chi connectivity index (χ2v) is 4.53. The fourth-order valence-corrected chi connectivity index (χ4v) is 1.68. The first-order valence-corrected chi connectivity index (χ1v) is 5.35. The highest BCUT2D eigenvalue weighted by atomic mass is 79.9. The maximum atomic E-state index is 13.2. The summed E-state index contributed by atoms with van der Waals surface area (Å²) in [5.74, 6) is 0.998. The summed E-state index contributed by atoms with van der Waals surface area (Å²) >= 11 is 3.13. The Labute approximate surface area is 92.4 Å². The van der Waals surface area contributed by atoms with E-state index in [9.17, 15) is 4.39 Å². The number of rotatable bonds is 3. The highest BCUT2D eigenvalue weighted by Crippen LogP contribution is 2.28. The summed E-state index contributed by atoms with van der Waals surface area (Å²) in [6.45, 7) is 4.19. The van der Waals surface area contributed by atoms with Crippen LogP contribution in [-0.4, -0.2) is 7.11 Å². The maximum absolute atomic E-state index is 13.2.